The molecule has 1 aliphatic heterocycles. The van der Waals surface area contributed by atoms with Gasteiger partial charge in [0.15, 0.2) is 0 Å². The summed E-state index contributed by atoms with van der Waals surface area (Å²) in [6.07, 6.45) is 0. The van der Waals surface area contributed by atoms with E-state index in [9.17, 15) is 4.79 Å². The number of nitrogens with zero attached hydrogens (tertiary/aromatic N) is 1. The van der Waals surface area contributed by atoms with Crippen molar-refractivity contribution in [1.82, 2.24) is 4.90 Å². The molecule has 0 unspecified atom stereocenters. The van der Waals surface area contributed by atoms with E-state index in [1.54, 1.807) is 16.2 Å². The predicted octanol–water partition coefficient (Wildman–Crippen LogP) is 4.58. The number of thiophene rings is 1. The minimum Gasteiger partial charge on any atom is -0.488 e. The monoisotopic (exact) mass is 335 g/mol. The van der Waals surface area contributed by atoms with Gasteiger partial charge in [-0.1, -0.05) is 42.5 Å². The second-order valence-electron chi connectivity index (χ2n) is 5.90. The second-order valence-corrected chi connectivity index (χ2v) is 6.95. The first kappa shape index (κ1) is 15.0. The van der Waals surface area contributed by atoms with Crippen molar-refractivity contribution in [2.45, 2.75) is 13.2 Å². The molecule has 0 fully saturated rings. The summed E-state index contributed by atoms with van der Waals surface area (Å²) in [7, 11) is 1.85. The molecule has 2 aromatic carbocycles. The minimum absolute atomic E-state index is 0.0516. The van der Waals surface area contributed by atoms with E-state index < -0.39 is 0 Å². The Kier molecular flexibility index (Phi) is 3.82. The van der Waals surface area contributed by atoms with Crippen LogP contribution in [0.5, 0.6) is 5.75 Å². The molecule has 120 valence electrons. The molecule has 4 rings (SSSR count). The SMILES string of the molecule is CN(Cc1ccccc1)C(=O)c1cc2c(s1)-c1ccccc1OC2. The van der Waals surface area contributed by atoms with Gasteiger partial charge in [-0.05, 0) is 23.8 Å². The van der Waals surface area contributed by atoms with Crippen LogP contribution in [0.25, 0.3) is 10.4 Å². The number of hydrogen-bond donors (Lipinski definition) is 0. The molecule has 4 heteroatoms. The number of carbonyl (C=O) groups is 1. The van der Waals surface area contributed by atoms with Crippen LogP contribution in [0.15, 0.2) is 60.7 Å². The van der Waals surface area contributed by atoms with Crippen molar-refractivity contribution in [3.63, 3.8) is 0 Å². The Balaban J connectivity index is 1.60. The molecular formula is C20H17NO2S. The Hall–Kier alpha value is -2.59. The van der Waals surface area contributed by atoms with E-state index in [0.29, 0.717) is 13.2 Å². The Morgan fingerprint density at radius 2 is 1.88 bits per heavy atom. The lowest BCUT2D eigenvalue weighted by Gasteiger charge is -2.16. The summed E-state index contributed by atoms with van der Waals surface area (Å²) in [5.74, 6) is 0.944. The summed E-state index contributed by atoms with van der Waals surface area (Å²) in [5, 5.41) is 0. The van der Waals surface area contributed by atoms with Crippen molar-refractivity contribution in [1.29, 1.82) is 0 Å². The number of ether oxygens (including phenoxy) is 1. The van der Waals surface area contributed by atoms with E-state index in [0.717, 1.165) is 32.2 Å². The van der Waals surface area contributed by atoms with Gasteiger partial charge in [-0.25, -0.2) is 0 Å². The van der Waals surface area contributed by atoms with Crippen molar-refractivity contribution < 1.29 is 9.53 Å². The van der Waals surface area contributed by atoms with E-state index in [2.05, 4.69) is 0 Å². The average Bonchev–Trinajstić information content (AvgIpc) is 3.06. The highest BCUT2D eigenvalue weighted by atomic mass is 32.1. The maximum atomic E-state index is 12.8. The zero-order valence-corrected chi connectivity index (χ0v) is 14.2. The number of benzene rings is 2. The van der Waals surface area contributed by atoms with Crippen LogP contribution in [0.2, 0.25) is 0 Å². The summed E-state index contributed by atoms with van der Waals surface area (Å²) in [6.45, 7) is 1.13. The molecule has 0 N–H and O–H groups in total. The fourth-order valence-electron chi connectivity index (χ4n) is 2.92. The Labute approximate surface area is 145 Å². The van der Waals surface area contributed by atoms with Gasteiger partial charge < -0.3 is 9.64 Å². The van der Waals surface area contributed by atoms with Gasteiger partial charge in [0.25, 0.3) is 5.91 Å². The summed E-state index contributed by atoms with van der Waals surface area (Å²) in [5.41, 5.74) is 3.30. The molecule has 3 nitrogen and oxygen atoms in total. The molecule has 0 spiro atoms. The number of carbonyl (C=O) groups excluding carboxylic acids is 1. The van der Waals surface area contributed by atoms with Crippen molar-refractivity contribution >= 4 is 17.2 Å². The van der Waals surface area contributed by atoms with Crippen molar-refractivity contribution in [3.8, 4) is 16.2 Å². The number of hydrogen-bond acceptors (Lipinski definition) is 3. The lowest BCUT2D eigenvalue weighted by molar-refractivity contribution is 0.0790. The molecule has 1 aromatic heterocycles. The van der Waals surface area contributed by atoms with Crippen molar-refractivity contribution in [3.05, 3.63) is 76.7 Å². The van der Waals surface area contributed by atoms with Crippen LogP contribution >= 0.6 is 11.3 Å². The lowest BCUT2D eigenvalue weighted by atomic mass is 10.1. The molecule has 0 saturated heterocycles. The molecule has 0 radical (unpaired) electrons. The summed E-state index contributed by atoms with van der Waals surface area (Å²) in [6, 6.07) is 20.0. The molecular weight excluding hydrogens is 318 g/mol. The van der Waals surface area contributed by atoms with Crippen LogP contribution in [-0.4, -0.2) is 17.9 Å². The normalized spacial score (nSPS) is 12.0. The van der Waals surface area contributed by atoms with Gasteiger partial charge in [-0.15, -0.1) is 11.3 Å². The van der Waals surface area contributed by atoms with E-state index in [4.69, 9.17) is 4.74 Å². The highest BCUT2D eigenvalue weighted by Gasteiger charge is 2.23. The minimum atomic E-state index is 0.0516. The molecule has 1 aliphatic rings. The maximum absolute atomic E-state index is 12.8. The molecule has 24 heavy (non-hydrogen) atoms. The molecule has 3 aromatic rings. The van der Waals surface area contributed by atoms with Gasteiger partial charge in [0.2, 0.25) is 0 Å². The zero-order valence-electron chi connectivity index (χ0n) is 13.4. The molecule has 0 aliphatic carbocycles. The van der Waals surface area contributed by atoms with Crippen LogP contribution in [0, 0.1) is 0 Å². The standard InChI is InChI=1S/C20H17NO2S/c1-21(12-14-7-3-2-4-8-14)20(22)18-11-15-13-23-17-10-6-5-9-16(17)19(15)24-18/h2-11H,12-13H2,1H3. The third-order valence-electron chi connectivity index (χ3n) is 4.14. The van der Waals surface area contributed by atoms with Gasteiger partial charge in [0, 0.05) is 29.6 Å². The van der Waals surface area contributed by atoms with Crippen LogP contribution in [0.1, 0.15) is 20.8 Å². The summed E-state index contributed by atoms with van der Waals surface area (Å²) in [4.78, 5) is 16.4. The van der Waals surface area contributed by atoms with E-state index in [1.165, 1.54) is 0 Å². The van der Waals surface area contributed by atoms with Crippen LogP contribution < -0.4 is 4.74 Å². The third kappa shape index (κ3) is 2.69. The molecule has 0 saturated carbocycles. The van der Waals surface area contributed by atoms with Gasteiger partial charge >= 0.3 is 0 Å². The Morgan fingerprint density at radius 3 is 2.71 bits per heavy atom. The molecule has 0 atom stereocenters. The zero-order chi connectivity index (χ0) is 16.5. The van der Waals surface area contributed by atoms with Crippen LogP contribution in [-0.2, 0) is 13.2 Å². The van der Waals surface area contributed by atoms with Crippen LogP contribution in [0.4, 0.5) is 0 Å². The fourth-order valence-corrected chi connectivity index (χ4v) is 4.11. The largest absolute Gasteiger partial charge is 0.488 e. The fraction of sp³-hybridized carbons (Fsp3) is 0.150. The molecule has 1 amide bonds. The van der Waals surface area contributed by atoms with Gasteiger partial charge in [-0.2, -0.15) is 0 Å². The highest BCUT2D eigenvalue weighted by molar-refractivity contribution is 7.17. The third-order valence-corrected chi connectivity index (χ3v) is 5.34. The topological polar surface area (TPSA) is 29.5 Å². The Morgan fingerprint density at radius 1 is 1.12 bits per heavy atom. The maximum Gasteiger partial charge on any atom is 0.263 e. The first-order valence-corrected chi connectivity index (χ1v) is 8.68. The average molecular weight is 335 g/mol. The number of para-hydroxylation sites is 1. The molecule has 0 bridgehead atoms. The van der Waals surface area contributed by atoms with Crippen molar-refractivity contribution in [2.75, 3.05) is 7.05 Å². The summed E-state index contributed by atoms with van der Waals surface area (Å²) >= 11 is 1.55. The highest BCUT2D eigenvalue weighted by Crippen LogP contribution is 2.42. The van der Waals surface area contributed by atoms with E-state index in [1.807, 2.05) is 67.7 Å². The first-order chi connectivity index (χ1) is 11.7. The summed E-state index contributed by atoms with van der Waals surface area (Å²) < 4.78 is 5.78. The predicted molar refractivity (Wildman–Crippen MR) is 96.3 cm³/mol. The quantitative estimate of drug-likeness (QED) is 0.701. The second kappa shape index (κ2) is 6.13. The van der Waals surface area contributed by atoms with Gasteiger partial charge in [0.05, 0.1) is 4.88 Å². The number of fused-ring (bicyclic) bond motifs is 3. The Bertz CT molecular complexity index is 886. The lowest BCUT2D eigenvalue weighted by Crippen LogP contribution is -2.25. The number of rotatable bonds is 3. The molecule has 2 heterocycles. The van der Waals surface area contributed by atoms with Crippen molar-refractivity contribution in [2.24, 2.45) is 0 Å². The first-order valence-electron chi connectivity index (χ1n) is 7.86. The van der Waals surface area contributed by atoms with Crippen LogP contribution in [0.3, 0.4) is 0 Å². The van der Waals surface area contributed by atoms with E-state index >= 15 is 0 Å². The van der Waals surface area contributed by atoms with E-state index in [-0.39, 0.29) is 5.91 Å². The number of amides is 1. The smallest absolute Gasteiger partial charge is 0.263 e. The van der Waals surface area contributed by atoms with Gasteiger partial charge in [-0.3, -0.25) is 4.79 Å². The van der Waals surface area contributed by atoms with Gasteiger partial charge in [0.1, 0.15) is 12.4 Å².